The maximum atomic E-state index is 6.38. The average Bonchev–Trinajstić information content (AvgIpc) is 1.17. The van der Waals surface area contributed by atoms with Crippen LogP contribution in [-0.2, 0) is 9.31 Å². The van der Waals surface area contributed by atoms with Crippen molar-refractivity contribution in [3.05, 3.63) is 426 Å². The molecule has 1 aliphatic heterocycles. The Labute approximate surface area is 656 Å². The van der Waals surface area contributed by atoms with E-state index in [1.54, 1.807) is 0 Å². The Balaban J connectivity index is 0.000000130. The molecule has 12 heteroatoms. The van der Waals surface area contributed by atoms with Crippen molar-refractivity contribution in [2.24, 2.45) is 0 Å². The molecule has 18 aromatic rings. The van der Waals surface area contributed by atoms with Gasteiger partial charge in [-0.1, -0.05) is 334 Å². The van der Waals surface area contributed by atoms with E-state index < -0.39 is 7.12 Å². The second-order valence-electron chi connectivity index (χ2n) is 28.4. The molecule has 5 heterocycles. The van der Waals surface area contributed by atoms with Crippen molar-refractivity contribution in [3.8, 4) is 56.9 Å². The zero-order valence-electron chi connectivity index (χ0n) is 62.1. The SMILES string of the molecule is CC1(C)OB(c2cccc(C(=C(c3ccccc3)c3ccccc3)c3ccccc3)c2)OC1(C)C.Clc1nc(-c2ccccc2)nc(-c2ccc3c(c2)oc2ccccc23)n1.c1ccc(C(=C(c2ccccc2)c2cccc(-c3nc(-c4ccccc4)nc(-c4ccc5c(c4)oc4ccccc45)n3)c2)c2ccccc2)cc1. The largest absolute Gasteiger partial charge is 0.494 e. The molecule has 112 heavy (non-hydrogen) atoms. The van der Waals surface area contributed by atoms with Gasteiger partial charge < -0.3 is 18.1 Å². The van der Waals surface area contributed by atoms with Gasteiger partial charge in [-0.05, 0) is 154 Å². The van der Waals surface area contributed by atoms with Crippen molar-refractivity contribution in [3.63, 3.8) is 0 Å². The van der Waals surface area contributed by atoms with Crippen LogP contribution < -0.4 is 5.46 Å². The summed E-state index contributed by atoms with van der Waals surface area (Å²) < 4.78 is 25.0. The van der Waals surface area contributed by atoms with Gasteiger partial charge in [0.15, 0.2) is 29.1 Å². The maximum Gasteiger partial charge on any atom is 0.494 e. The van der Waals surface area contributed by atoms with Gasteiger partial charge in [0.05, 0.1) is 11.2 Å². The van der Waals surface area contributed by atoms with Crippen LogP contribution in [0.2, 0.25) is 5.28 Å². The molecule has 0 aliphatic carbocycles. The molecule has 1 fully saturated rings. The van der Waals surface area contributed by atoms with E-state index in [0.29, 0.717) is 29.1 Å². The number of aromatic nitrogens is 6. The third kappa shape index (κ3) is 15.1. The molecule has 14 aromatic carbocycles. The monoisotopic (exact) mass is 1470 g/mol. The van der Waals surface area contributed by atoms with Gasteiger partial charge in [0.1, 0.15) is 22.3 Å². The van der Waals surface area contributed by atoms with E-state index in [9.17, 15) is 0 Å². The van der Waals surface area contributed by atoms with Crippen LogP contribution >= 0.6 is 11.6 Å². The minimum absolute atomic E-state index is 0.165. The fourth-order valence-electron chi connectivity index (χ4n) is 14.4. The molecule has 1 saturated heterocycles. The van der Waals surface area contributed by atoms with E-state index in [1.807, 2.05) is 127 Å². The second-order valence-corrected chi connectivity index (χ2v) is 28.7. The van der Waals surface area contributed by atoms with E-state index in [-0.39, 0.29) is 16.5 Å². The molecule has 0 radical (unpaired) electrons. The van der Waals surface area contributed by atoms with Crippen molar-refractivity contribution in [2.75, 3.05) is 0 Å². The van der Waals surface area contributed by atoms with Gasteiger partial charge >= 0.3 is 7.12 Å². The third-order valence-electron chi connectivity index (χ3n) is 20.6. The lowest BCUT2D eigenvalue weighted by Crippen LogP contribution is -2.41. The van der Waals surface area contributed by atoms with Gasteiger partial charge in [-0.25, -0.2) is 19.9 Å². The standard InChI is InChI=1S/C47H31N3O.C32H31BO2.C21H12ClN3O/c1-5-16-32(17-6-1)43(33-18-7-2-8-19-33)44(34-20-9-3-10-21-34)36-24-15-25-37(30-36)46-48-45(35-22-11-4-12-23-35)49-47(50-46)38-28-29-40-39-26-13-14-27-41(39)51-42(40)31-38;1-31(2)32(3,4)35-33(34-31)28-22-14-21-27(23-28)30(26-19-12-7-13-20-26)29(24-15-8-5-9-16-24)25-17-10-6-11-18-25;22-21-24-19(13-6-2-1-3-7-13)23-20(25-21)14-10-11-16-15-8-4-5-9-17(15)26-18(16)12-14/h1-31H;5-23H,1-4H3;1-12H. The molecule has 1 aliphatic rings. The van der Waals surface area contributed by atoms with E-state index >= 15 is 0 Å². The summed E-state index contributed by atoms with van der Waals surface area (Å²) in [6.07, 6.45) is 0. The molecule has 0 spiro atoms. The molecule has 0 bridgehead atoms. The summed E-state index contributed by atoms with van der Waals surface area (Å²) in [6, 6.07) is 129. The number of benzene rings is 14. The van der Waals surface area contributed by atoms with Gasteiger partial charge in [-0.3, -0.25) is 0 Å². The Morgan fingerprint density at radius 1 is 0.241 bits per heavy atom. The molecule has 4 aromatic heterocycles. The Bertz CT molecular complexity index is 6350. The van der Waals surface area contributed by atoms with Crippen LogP contribution in [0.5, 0.6) is 0 Å². The zero-order valence-corrected chi connectivity index (χ0v) is 62.8. The Hall–Kier alpha value is -13.5. The molecule has 0 saturated carbocycles. The summed E-state index contributed by atoms with van der Waals surface area (Å²) in [4.78, 5) is 28.3. The molecular formula is C100H74BClN6O4. The van der Waals surface area contributed by atoms with Crippen LogP contribution in [0.4, 0.5) is 0 Å². The highest BCUT2D eigenvalue weighted by atomic mass is 35.5. The van der Waals surface area contributed by atoms with Crippen LogP contribution in [0.3, 0.4) is 0 Å². The Morgan fingerprint density at radius 2 is 0.509 bits per heavy atom. The van der Waals surface area contributed by atoms with Crippen molar-refractivity contribution in [2.45, 2.75) is 38.9 Å². The number of fused-ring (bicyclic) bond motifs is 6. The number of hydrogen-bond acceptors (Lipinski definition) is 10. The lowest BCUT2D eigenvalue weighted by atomic mass is 9.76. The number of nitrogens with zero attached hydrogens (tertiary/aromatic N) is 6. The summed E-state index contributed by atoms with van der Waals surface area (Å²) in [5.41, 5.74) is 21.7. The van der Waals surface area contributed by atoms with Gasteiger partial charge in [0.25, 0.3) is 0 Å². The van der Waals surface area contributed by atoms with Crippen molar-refractivity contribution >= 4 is 90.4 Å². The first-order valence-corrected chi connectivity index (χ1v) is 37.8. The summed E-state index contributed by atoms with van der Waals surface area (Å²) in [5, 5.41) is 4.47. The van der Waals surface area contributed by atoms with Crippen molar-refractivity contribution < 1.29 is 18.1 Å². The van der Waals surface area contributed by atoms with Gasteiger partial charge in [0.2, 0.25) is 5.28 Å². The van der Waals surface area contributed by atoms with E-state index in [4.69, 9.17) is 44.7 Å². The first-order chi connectivity index (χ1) is 54.9. The number of rotatable bonds is 14. The van der Waals surface area contributed by atoms with Crippen LogP contribution in [0.25, 0.3) is 123 Å². The minimum atomic E-state index is -0.408. The van der Waals surface area contributed by atoms with E-state index in [1.165, 1.54) is 27.8 Å². The highest BCUT2D eigenvalue weighted by Crippen LogP contribution is 2.42. The highest BCUT2D eigenvalue weighted by Gasteiger charge is 2.52. The summed E-state index contributed by atoms with van der Waals surface area (Å²) in [5.74, 6) is 2.86. The molecule has 10 nitrogen and oxygen atoms in total. The summed E-state index contributed by atoms with van der Waals surface area (Å²) in [6.45, 7) is 8.37. The third-order valence-corrected chi connectivity index (χ3v) is 20.7. The maximum absolute atomic E-state index is 6.38. The van der Waals surface area contributed by atoms with Gasteiger partial charge in [-0.15, -0.1) is 0 Å². The average molecular weight is 1470 g/mol. The lowest BCUT2D eigenvalue weighted by Gasteiger charge is -2.32. The summed E-state index contributed by atoms with van der Waals surface area (Å²) >= 11 is 6.15. The van der Waals surface area contributed by atoms with Crippen molar-refractivity contribution in [1.29, 1.82) is 0 Å². The molecular weight excluding hydrogens is 1400 g/mol. The Morgan fingerprint density at radius 3 is 0.893 bits per heavy atom. The molecule has 0 unspecified atom stereocenters. The zero-order chi connectivity index (χ0) is 76.0. The highest BCUT2D eigenvalue weighted by molar-refractivity contribution is 6.62. The number of halogens is 1. The van der Waals surface area contributed by atoms with Gasteiger partial charge in [0, 0.05) is 49.4 Å². The normalized spacial score (nSPS) is 12.7. The fraction of sp³-hybridized carbons (Fsp3) is 0.0600. The topological polar surface area (TPSA) is 122 Å². The first kappa shape index (κ1) is 71.4. The predicted molar refractivity (Wildman–Crippen MR) is 457 cm³/mol. The van der Waals surface area contributed by atoms with E-state index in [0.717, 1.165) is 116 Å². The minimum Gasteiger partial charge on any atom is -0.456 e. The van der Waals surface area contributed by atoms with Crippen molar-refractivity contribution in [1.82, 2.24) is 29.9 Å². The smallest absolute Gasteiger partial charge is 0.456 e. The van der Waals surface area contributed by atoms with E-state index in [2.05, 4.69) is 291 Å². The Kier molecular flexibility index (Phi) is 20.1. The number of furan rings is 2. The summed E-state index contributed by atoms with van der Waals surface area (Å²) in [7, 11) is -0.408. The van der Waals surface area contributed by atoms with Crippen LogP contribution in [0.1, 0.15) is 72.2 Å². The lowest BCUT2D eigenvalue weighted by molar-refractivity contribution is 0.00578. The molecule has 0 N–H and O–H groups in total. The molecule has 19 rings (SSSR count). The number of para-hydroxylation sites is 2. The second kappa shape index (κ2) is 31.6. The molecule has 538 valence electrons. The molecule has 0 amide bonds. The van der Waals surface area contributed by atoms with Crippen LogP contribution in [0.15, 0.2) is 385 Å². The van der Waals surface area contributed by atoms with Gasteiger partial charge in [-0.2, -0.15) is 9.97 Å². The first-order valence-electron chi connectivity index (χ1n) is 37.4. The molecule has 0 atom stereocenters. The fourth-order valence-corrected chi connectivity index (χ4v) is 14.5. The van der Waals surface area contributed by atoms with Crippen LogP contribution in [-0.4, -0.2) is 48.2 Å². The quantitative estimate of drug-likeness (QED) is 0.0768. The predicted octanol–water partition coefficient (Wildman–Crippen LogP) is 24.5. The van der Waals surface area contributed by atoms with Crippen LogP contribution in [0, 0.1) is 0 Å². The number of hydrogen-bond donors (Lipinski definition) is 0.